The molecule has 0 aliphatic heterocycles. The lowest BCUT2D eigenvalue weighted by Gasteiger charge is -2.14. The highest BCUT2D eigenvalue weighted by molar-refractivity contribution is 7.26. The van der Waals surface area contributed by atoms with Crippen LogP contribution in [0.2, 0.25) is 0 Å². The van der Waals surface area contributed by atoms with Crippen LogP contribution >= 0.6 is 11.3 Å². The van der Waals surface area contributed by atoms with Gasteiger partial charge in [0.15, 0.2) is 17.5 Å². The first kappa shape index (κ1) is 36.1. The molecule has 6 heteroatoms. The van der Waals surface area contributed by atoms with E-state index in [1.807, 2.05) is 41.7 Å². The average Bonchev–Trinajstić information content (AvgIpc) is 4.07. The van der Waals surface area contributed by atoms with Crippen LogP contribution in [0, 0.1) is 0 Å². The molecule has 0 aliphatic rings. The van der Waals surface area contributed by atoms with Gasteiger partial charge >= 0.3 is 0 Å². The number of fused-ring (bicyclic) bond motifs is 11. The Kier molecular flexibility index (Phi) is 7.79. The highest BCUT2D eigenvalue weighted by Crippen LogP contribution is 2.46. The largest absolute Gasteiger partial charge is 0.456 e. The van der Waals surface area contributed by atoms with E-state index >= 15 is 0 Å². The van der Waals surface area contributed by atoms with Crippen molar-refractivity contribution in [2.75, 3.05) is 0 Å². The summed E-state index contributed by atoms with van der Waals surface area (Å²) in [4.78, 5) is 15.8. The van der Waals surface area contributed by atoms with Crippen molar-refractivity contribution in [1.29, 1.82) is 0 Å². The quantitative estimate of drug-likeness (QED) is 0.173. The van der Waals surface area contributed by atoms with E-state index in [9.17, 15) is 0 Å². The Morgan fingerprint density at radius 3 is 1.77 bits per heavy atom. The van der Waals surface area contributed by atoms with Crippen LogP contribution in [0.1, 0.15) is 0 Å². The fourth-order valence-electron chi connectivity index (χ4n) is 9.93. The zero-order valence-corrected chi connectivity index (χ0v) is 35.4. The van der Waals surface area contributed by atoms with Gasteiger partial charge < -0.3 is 8.83 Å². The maximum Gasteiger partial charge on any atom is 0.167 e. The molecule has 14 aromatic rings. The second kappa shape index (κ2) is 14.0. The van der Waals surface area contributed by atoms with E-state index in [4.69, 9.17) is 23.8 Å². The number of hydrogen-bond donors (Lipinski definition) is 0. The lowest BCUT2D eigenvalue weighted by atomic mass is 9.90. The molecule has 0 atom stereocenters. The van der Waals surface area contributed by atoms with Crippen LogP contribution in [-0.4, -0.2) is 15.0 Å². The van der Waals surface area contributed by atoms with Crippen LogP contribution in [0.3, 0.4) is 0 Å². The van der Waals surface area contributed by atoms with Gasteiger partial charge in [0, 0.05) is 52.8 Å². The van der Waals surface area contributed by atoms with Gasteiger partial charge in [0.2, 0.25) is 0 Å². The average molecular weight is 848 g/mol. The summed E-state index contributed by atoms with van der Waals surface area (Å²) in [5, 5.41) is 11.2. The molecule has 0 radical (unpaired) electrons. The first-order chi connectivity index (χ1) is 32.2. The van der Waals surface area contributed by atoms with Gasteiger partial charge in [0.05, 0.1) is 5.56 Å². The molecule has 65 heavy (non-hydrogen) atoms. The maximum atomic E-state index is 6.71. The number of aromatic nitrogens is 3. The summed E-state index contributed by atoms with van der Waals surface area (Å²) in [5.41, 5.74) is 10.4. The highest BCUT2D eigenvalue weighted by Gasteiger charge is 2.22. The molecule has 0 amide bonds. The van der Waals surface area contributed by atoms with Gasteiger partial charge in [-0.15, -0.1) is 11.3 Å². The lowest BCUT2D eigenvalue weighted by molar-refractivity contribution is 0.669. The molecular formula is C59H33N3O2S. The smallest absolute Gasteiger partial charge is 0.167 e. The second-order valence-electron chi connectivity index (χ2n) is 16.6. The van der Waals surface area contributed by atoms with Crippen molar-refractivity contribution in [3.63, 3.8) is 0 Å². The molecule has 302 valence electrons. The van der Waals surface area contributed by atoms with Crippen LogP contribution in [0.15, 0.2) is 209 Å². The summed E-state index contributed by atoms with van der Waals surface area (Å²) in [6.45, 7) is 0. The van der Waals surface area contributed by atoms with E-state index in [1.54, 1.807) is 0 Å². The van der Waals surface area contributed by atoms with Crippen LogP contribution in [0.25, 0.3) is 142 Å². The Bertz CT molecular complexity index is 4270. The Morgan fingerprint density at radius 2 is 0.923 bits per heavy atom. The van der Waals surface area contributed by atoms with E-state index in [0.717, 1.165) is 98.8 Å². The molecule has 0 bridgehead atoms. The number of furan rings is 2. The minimum Gasteiger partial charge on any atom is -0.456 e. The number of rotatable bonds is 5. The molecule has 0 spiro atoms. The molecule has 0 aliphatic carbocycles. The van der Waals surface area contributed by atoms with Crippen molar-refractivity contribution < 1.29 is 8.83 Å². The molecule has 0 fully saturated rings. The van der Waals surface area contributed by atoms with Crippen molar-refractivity contribution in [2.45, 2.75) is 0 Å². The maximum absolute atomic E-state index is 6.71. The first-order valence-electron chi connectivity index (χ1n) is 21.7. The molecule has 4 aromatic heterocycles. The van der Waals surface area contributed by atoms with Crippen LogP contribution in [0.5, 0.6) is 0 Å². The van der Waals surface area contributed by atoms with Crippen LogP contribution in [-0.2, 0) is 0 Å². The van der Waals surface area contributed by atoms with E-state index in [1.165, 1.54) is 25.7 Å². The van der Waals surface area contributed by atoms with Gasteiger partial charge in [0.1, 0.15) is 22.3 Å². The fourth-order valence-corrected chi connectivity index (χ4v) is 11.2. The topological polar surface area (TPSA) is 65.0 Å². The minimum atomic E-state index is 0.547. The van der Waals surface area contributed by atoms with Crippen molar-refractivity contribution >= 4 is 96.9 Å². The molecule has 4 heterocycles. The van der Waals surface area contributed by atoms with Crippen molar-refractivity contribution in [1.82, 2.24) is 15.0 Å². The number of hydrogen-bond acceptors (Lipinski definition) is 6. The van der Waals surface area contributed by atoms with Gasteiger partial charge in [-0.25, -0.2) is 15.0 Å². The Hall–Kier alpha value is -8.45. The summed E-state index contributed by atoms with van der Waals surface area (Å²) in [5.74, 6) is 1.72. The van der Waals surface area contributed by atoms with Crippen molar-refractivity contribution in [2.24, 2.45) is 0 Å². The third-order valence-corrected chi connectivity index (χ3v) is 14.2. The van der Waals surface area contributed by atoms with Gasteiger partial charge in [-0.1, -0.05) is 158 Å². The van der Waals surface area contributed by atoms with Crippen LogP contribution < -0.4 is 0 Å². The molecular weight excluding hydrogens is 815 g/mol. The predicted molar refractivity (Wildman–Crippen MR) is 269 cm³/mol. The summed E-state index contributed by atoms with van der Waals surface area (Å²) < 4.78 is 15.8. The molecule has 0 unspecified atom stereocenters. The van der Waals surface area contributed by atoms with Crippen molar-refractivity contribution in [3.05, 3.63) is 200 Å². The van der Waals surface area contributed by atoms with Gasteiger partial charge in [-0.3, -0.25) is 0 Å². The van der Waals surface area contributed by atoms with E-state index < -0.39 is 0 Å². The Balaban J connectivity index is 1.01. The highest BCUT2D eigenvalue weighted by atomic mass is 32.1. The fraction of sp³-hybridized carbons (Fsp3) is 0. The number of nitrogens with zero attached hydrogens (tertiary/aromatic N) is 3. The molecule has 0 N–H and O–H groups in total. The van der Waals surface area contributed by atoms with Crippen molar-refractivity contribution in [3.8, 4) is 56.4 Å². The number of benzene rings is 10. The zero-order chi connectivity index (χ0) is 42.6. The molecule has 0 saturated heterocycles. The minimum absolute atomic E-state index is 0.547. The van der Waals surface area contributed by atoms with Gasteiger partial charge in [0.25, 0.3) is 0 Å². The third-order valence-electron chi connectivity index (χ3n) is 12.9. The first-order valence-corrected chi connectivity index (χ1v) is 22.6. The third kappa shape index (κ3) is 5.61. The number of para-hydroxylation sites is 3. The molecule has 5 nitrogen and oxygen atoms in total. The SMILES string of the molecule is c1ccc2cc(-c3nc(-c4cccc5c(-c6cc(-c7cccc8c7sc7ccccc78)cc7oc8ccccc8c67)cccc45)nc(-c4cccc5c4oc4ccccc45)n3)ccc2c1. The molecule has 0 saturated carbocycles. The van der Waals surface area contributed by atoms with E-state index in [2.05, 4.69) is 170 Å². The summed E-state index contributed by atoms with van der Waals surface area (Å²) in [6, 6.07) is 70.4. The van der Waals surface area contributed by atoms with E-state index in [0.29, 0.717) is 17.5 Å². The molecule has 10 aromatic carbocycles. The molecule has 14 rings (SSSR count). The second-order valence-corrected chi connectivity index (χ2v) is 17.7. The Labute approximate surface area is 375 Å². The monoisotopic (exact) mass is 847 g/mol. The Morgan fingerprint density at radius 1 is 0.323 bits per heavy atom. The number of thiophene rings is 1. The summed E-state index contributed by atoms with van der Waals surface area (Å²) >= 11 is 1.84. The predicted octanol–water partition coefficient (Wildman–Crippen LogP) is 16.7. The van der Waals surface area contributed by atoms with Gasteiger partial charge in [-0.2, -0.15) is 0 Å². The van der Waals surface area contributed by atoms with Crippen LogP contribution in [0.4, 0.5) is 0 Å². The summed E-state index contributed by atoms with van der Waals surface area (Å²) in [6.07, 6.45) is 0. The van der Waals surface area contributed by atoms with Gasteiger partial charge in [-0.05, 0) is 86.3 Å². The normalized spacial score (nSPS) is 12.0. The van der Waals surface area contributed by atoms with E-state index in [-0.39, 0.29) is 0 Å². The standard InChI is InChI=1S/C59H33N3O2S/c1-2-14-35-31-36(30-29-34(35)13-1)57-60-58(62-59(61-57)48-25-12-22-44-42-15-3-6-26-50(42)64-55(44)48)46-24-11-19-39-40(46)20-10-21-41(39)49-32-37(33-52-54(49)47-17-4-7-27-51(47)63-52)38-18-9-23-45-43-16-5-8-28-53(43)65-56(38)45/h1-33H. The summed E-state index contributed by atoms with van der Waals surface area (Å²) in [7, 11) is 0. The lowest BCUT2D eigenvalue weighted by Crippen LogP contribution is -2.01. The zero-order valence-electron chi connectivity index (χ0n) is 34.6.